The van der Waals surface area contributed by atoms with Gasteiger partial charge in [-0.2, -0.15) is 0 Å². The summed E-state index contributed by atoms with van der Waals surface area (Å²) in [5.74, 6) is 1.53. The molecule has 1 radical (unpaired) electrons. The third-order valence-corrected chi connectivity index (χ3v) is 2.65. The number of hydrogen-bond donors (Lipinski definition) is 0. The molecule has 0 spiro atoms. The van der Waals surface area contributed by atoms with Crippen LogP contribution in [-0.4, -0.2) is 0 Å². The van der Waals surface area contributed by atoms with Gasteiger partial charge in [0.25, 0.3) is 0 Å². The Labute approximate surface area is 94.0 Å². The van der Waals surface area contributed by atoms with Crippen LogP contribution >= 0.6 is 0 Å². The molecule has 0 aliphatic rings. The fourth-order valence-corrected chi connectivity index (χ4v) is 1.80. The number of rotatable bonds is 7. The largest absolute Gasteiger partial charge is 0.103 e. The molecule has 0 N–H and O–H groups in total. The Hall–Kier alpha value is -1.04. The predicted molar refractivity (Wildman–Crippen MR) is 67.7 cm³/mol. The van der Waals surface area contributed by atoms with Crippen molar-refractivity contribution in [1.29, 1.82) is 0 Å². The van der Waals surface area contributed by atoms with Gasteiger partial charge in [0.15, 0.2) is 0 Å². The minimum Gasteiger partial charge on any atom is -0.103 e. The second-order valence-corrected chi connectivity index (χ2v) is 3.92. The van der Waals surface area contributed by atoms with Crippen molar-refractivity contribution in [3.05, 3.63) is 54.5 Å². The van der Waals surface area contributed by atoms with Gasteiger partial charge in [-0.05, 0) is 18.4 Å². The minimum atomic E-state index is 1.02. The summed E-state index contributed by atoms with van der Waals surface area (Å²) in [5.41, 5.74) is 1.38. The quantitative estimate of drug-likeness (QED) is 0.440. The zero-order valence-corrected chi connectivity index (χ0v) is 9.71. The highest BCUT2D eigenvalue weighted by atomic mass is 14.1. The van der Waals surface area contributed by atoms with Crippen molar-refractivity contribution in [1.82, 2.24) is 0 Å². The molecule has 0 fully saturated rings. The molecule has 0 heteroatoms. The minimum absolute atomic E-state index is 1.02. The fourth-order valence-electron chi connectivity index (χ4n) is 1.80. The third kappa shape index (κ3) is 4.33. The highest BCUT2D eigenvalue weighted by molar-refractivity contribution is 5.31. The first kappa shape index (κ1) is 12.0. The van der Waals surface area contributed by atoms with Gasteiger partial charge in [0.1, 0.15) is 0 Å². The van der Waals surface area contributed by atoms with Crippen LogP contribution in [-0.2, 0) is 0 Å². The molecule has 0 saturated heterocycles. The van der Waals surface area contributed by atoms with E-state index in [2.05, 4.69) is 43.8 Å². The van der Waals surface area contributed by atoms with E-state index >= 15 is 0 Å². The number of allylic oxidation sites excluding steroid dienone is 1. The number of hydrogen-bond acceptors (Lipinski definition) is 0. The van der Waals surface area contributed by atoms with E-state index in [-0.39, 0.29) is 0 Å². The van der Waals surface area contributed by atoms with Crippen LogP contribution in [0.1, 0.15) is 44.6 Å². The molecule has 0 heterocycles. The topological polar surface area (TPSA) is 0 Å². The van der Waals surface area contributed by atoms with Crippen molar-refractivity contribution >= 4 is 0 Å². The first-order valence-corrected chi connectivity index (χ1v) is 5.89. The van der Waals surface area contributed by atoms with Gasteiger partial charge in [-0.25, -0.2) is 0 Å². The molecule has 0 aliphatic heterocycles. The molecular weight excluding hydrogens is 180 g/mol. The van der Waals surface area contributed by atoms with Crippen LogP contribution in [0.4, 0.5) is 0 Å². The maximum atomic E-state index is 3.83. The van der Waals surface area contributed by atoms with Crippen LogP contribution in [0.5, 0.6) is 0 Å². The van der Waals surface area contributed by atoms with E-state index in [9.17, 15) is 0 Å². The van der Waals surface area contributed by atoms with Crippen molar-refractivity contribution < 1.29 is 0 Å². The second kappa shape index (κ2) is 7.28. The number of benzene rings is 1. The zero-order chi connectivity index (χ0) is 10.9. The Balaban J connectivity index is 2.53. The average molecular weight is 201 g/mol. The lowest BCUT2D eigenvalue weighted by molar-refractivity contribution is 0.674. The van der Waals surface area contributed by atoms with Crippen molar-refractivity contribution in [3.63, 3.8) is 0 Å². The molecule has 0 bridgehead atoms. The van der Waals surface area contributed by atoms with Gasteiger partial charge in [-0.1, -0.05) is 62.6 Å². The van der Waals surface area contributed by atoms with Crippen molar-refractivity contribution in [2.24, 2.45) is 0 Å². The molecule has 0 aromatic heterocycles. The summed E-state index contributed by atoms with van der Waals surface area (Å²) < 4.78 is 0. The Morgan fingerprint density at radius 1 is 1.20 bits per heavy atom. The summed E-state index contributed by atoms with van der Waals surface area (Å²) in [7, 11) is 0. The predicted octanol–water partition coefficient (Wildman–Crippen LogP) is 4.77. The fraction of sp³-hybridized carbons (Fsp3) is 0.400. The molecule has 0 saturated carbocycles. The van der Waals surface area contributed by atoms with Crippen molar-refractivity contribution in [2.75, 3.05) is 0 Å². The third-order valence-electron chi connectivity index (χ3n) is 2.65. The molecule has 1 rings (SSSR count). The lowest BCUT2D eigenvalue weighted by Crippen LogP contribution is -1.98. The molecule has 81 valence electrons. The molecule has 0 nitrogen and oxygen atoms in total. The molecule has 0 unspecified atom stereocenters. The van der Waals surface area contributed by atoms with Gasteiger partial charge in [-0.3, -0.25) is 0 Å². The van der Waals surface area contributed by atoms with E-state index in [1.54, 1.807) is 0 Å². The average Bonchev–Trinajstić information content (AvgIpc) is 2.29. The van der Waals surface area contributed by atoms with Crippen LogP contribution in [0.2, 0.25) is 0 Å². The van der Waals surface area contributed by atoms with Crippen LogP contribution in [0.3, 0.4) is 0 Å². The normalized spacial score (nSPS) is 10.5. The van der Waals surface area contributed by atoms with Crippen molar-refractivity contribution in [2.45, 2.75) is 39.0 Å². The van der Waals surface area contributed by atoms with Gasteiger partial charge < -0.3 is 0 Å². The van der Waals surface area contributed by atoms with E-state index in [0.29, 0.717) is 0 Å². The van der Waals surface area contributed by atoms with E-state index in [1.165, 1.54) is 37.2 Å². The number of unbranched alkanes of at least 4 members (excludes halogenated alkanes) is 2. The monoisotopic (exact) mass is 201 g/mol. The van der Waals surface area contributed by atoms with Crippen LogP contribution in [0, 0.1) is 5.92 Å². The zero-order valence-electron chi connectivity index (χ0n) is 9.71. The molecule has 15 heavy (non-hydrogen) atoms. The van der Waals surface area contributed by atoms with Gasteiger partial charge in [0.05, 0.1) is 0 Å². The van der Waals surface area contributed by atoms with Gasteiger partial charge >= 0.3 is 0 Å². The molecule has 1 aromatic rings. The Morgan fingerprint density at radius 2 is 1.93 bits per heavy atom. The summed E-state index contributed by atoms with van der Waals surface area (Å²) in [5, 5.41) is 0. The molecular formula is C15H21. The summed E-state index contributed by atoms with van der Waals surface area (Å²) in [6.07, 6.45) is 8.16. The van der Waals surface area contributed by atoms with Crippen LogP contribution in [0.25, 0.3) is 0 Å². The SMILES string of the molecule is C=CC[C](CCCCC)c1ccccc1. The van der Waals surface area contributed by atoms with Crippen LogP contribution < -0.4 is 0 Å². The maximum Gasteiger partial charge on any atom is 0.00870 e. The molecule has 0 amide bonds. The second-order valence-electron chi connectivity index (χ2n) is 3.92. The summed E-state index contributed by atoms with van der Waals surface area (Å²) in [4.78, 5) is 0. The summed E-state index contributed by atoms with van der Waals surface area (Å²) in [6.45, 7) is 6.08. The Morgan fingerprint density at radius 3 is 2.53 bits per heavy atom. The van der Waals surface area contributed by atoms with E-state index in [0.717, 1.165) is 6.42 Å². The van der Waals surface area contributed by atoms with Gasteiger partial charge in [0.2, 0.25) is 0 Å². The Kier molecular flexibility index (Phi) is 5.84. The maximum absolute atomic E-state index is 3.83. The standard InChI is InChI=1S/C15H21/c1-3-5-7-11-14(10-4-2)15-12-8-6-9-13-15/h4,6,8-9,12-13H,2-3,5,7,10-11H2,1H3. The van der Waals surface area contributed by atoms with Gasteiger partial charge in [0, 0.05) is 5.92 Å². The highest BCUT2D eigenvalue weighted by Gasteiger charge is 2.09. The van der Waals surface area contributed by atoms with E-state index in [4.69, 9.17) is 0 Å². The van der Waals surface area contributed by atoms with E-state index < -0.39 is 0 Å². The van der Waals surface area contributed by atoms with Crippen LogP contribution in [0.15, 0.2) is 43.0 Å². The summed E-state index contributed by atoms with van der Waals surface area (Å²) >= 11 is 0. The lowest BCUT2D eigenvalue weighted by atomic mass is 9.90. The first-order valence-electron chi connectivity index (χ1n) is 5.89. The molecule has 1 aromatic carbocycles. The lowest BCUT2D eigenvalue weighted by Gasteiger charge is -2.14. The first-order chi connectivity index (χ1) is 7.38. The molecule has 0 atom stereocenters. The smallest absolute Gasteiger partial charge is 0.00870 e. The van der Waals surface area contributed by atoms with Crippen molar-refractivity contribution in [3.8, 4) is 0 Å². The molecule has 0 aliphatic carbocycles. The Bertz CT molecular complexity index is 261. The van der Waals surface area contributed by atoms with E-state index in [1.807, 2.05) is 6.08 Å². The van der Waals surface area contributed by atoms with Gasteiger partial charge in [-0.15, -0.1) is 6.58 Å². The highest BCUT2D eigenvalue weighted by Crippen LogP contribution is 2.24. The summed E-state index contributed by atoms with van der Waals surface area (Å²) in [6, 6.07) is 10.7.